The summed E-state index contributed by atoms with van der Waals surface area (Å²) in [6.07, 6.45) is 0.594. The van der Waals surface area contributed by atoms with E-state index in [1.807, 2.05) is 30.3 Å². The maximum absolute atomic E-state index is 11.8. The van der Waals surface area contributed by atoms with E-state index in [9.17, 15) is 9.59 Å². The Balaban J connectivity index is 2.50. The van der Waals surface area contributed by atoms with Crippen molar-refractivity contribution < 1.29 is 14.7 Å². The van der Waals surface area contributed by atoms with E-state index in [2.05, 4.69) is 5.32 Å². The number of benzene rings is 1. The molecule has 0 aliphatic carbocycles. The zero-order valence-corrected chi connectivity index (χ0v) is 11.9. The van der Waals surface area contributed by atoms with Crippen LogP contribution in [0.5, 0.6) is 0 Å². The van der Waals surface area contributed by atoms with Crippen molar-refractivity contribution in [1.82, 2.24) is 5.32 Å². The Hall–Kier alpha value is -1.88. The van der Waals surface area contributed by atoms with Gasteiger partial charge in [-0.05, 0) is 18.9 Å². The van der Waals surface area contributed by atoms with Crippen LogP contribution in [-0.2, 0) is 9.59 Å². The normalized spacial score (nSPS) is 15.2. The number of aliphatic carboxylic acids is 1. The lowest BCUT2D eigenvalue weighted by Crippen LogP contribution is -2.41. The Labute approximate surface area is 119 Å². The molecule has 5 nitrogen and oxygen atoms in total. The molecule has 2 atom stereocenters. The molecule has 0 saturated heterocycles. The minimum absolute atomic E-state index is 0.110. The smallest absolute Gasteiger partial charge is 0.311 e. The first-order valence-corrected chi connectivity index (χ1v) is 6.69. The molecule has 5 heteroatoms. The number of carboxylic acids is 1. The highest BCUT2D eigenvalue weighted by atomic mass is 16.4. The highest BCUT2D eigenvalue weighted by molar-refractivity contribution is 5.79. The molecule has 0 heterocycles. The van der Waals surface area contributed by atoms with Crippen molar-refractivity contribution in [1.29, 1.82) is 0 Å². The van der Waals surface area contributed by atoms with Gasteiger partial charge < -0.3 is 16.2 Å². The first-order chi connectivity index (χ1) is 9.39. The Bertz CT molecular complexity index is 461. The van der Waals surface area contributed by atoms with Crippen LogP contribution in [0, 0.1) is 5.41 Å². The van der Waals surface area contributed by atoms with Gasteiger partial charge in [0.2, 0.25) is 5.91 Å². The second-order valence-corrected chi connectivity index (χ2v) is 5.22. The summed E-state index contributed by atoms with van der Waals surface area (Å²) >= 11 is 0. The van der Waals surface area contributed by atoms with Gasteiger partial charge >= 0.3 is 5.97 Å². The van der Waals surface area contributed by atoms with E-state index in [0.29, 0.717) is 6.42 Å². The van der Waals surface area contributed by atoms with Crippen molar-refractivity contribution in [3.8, 4) is 0 Å². The van der Waals surface area contributed by atoms with Gasteiger partial charge in [-0.2, -0.15) is 0 Å². The molecule has 0 radical (unpaired) electrons. The molecule has 0 aliphatic rings. The first kappa shape index (κ1) is 16.2. The molecule has 110 valence electrons. The molecule has 4 N–H and O–H groups in total. The number of nitrogens with two attached hydrogens (primary N) is 1. The fraction of sp³-hybridized carbons (Fsp3) is 0.467. The minimum atomic E-state index is -0.938. The number of carboxylic acid groups (broad SMARTS) is 1. The summed E-state index contributed by atoms with van der Waals surface area (Å²) in [5.41, 5.74) is 5.90. The molecule has 1 amide bonds. The molecule has 1 aromatic carbocycles. The average Bonchev–Trinajstić information content (AvgIpc) is 2.45. The van der Waals surface area contributed by atoms with Gasteiger partial charge in [0.05, 0.1) is 5.41 Å². The van der Waals surface area contributed by atoms with Crippen molar-refractivity contribution in [2.45, 2.75) is 32.7 Å². The van der Waals surface area contributed by atoms with Gasteiger partial charge in [-0.1, -0.05) is 37.3 Å². The summed E-state index contributed by atoms with van der Waals surface area (Å²) in [6, 6.07) is 8.97. The minimum Gasteiger partial charge on any atom is -0.481 e. The predicted molar refractivity (Wildman–Crippen MR) is 77.0 cm³/mol. The van der Waals surface area contributed by atoms with Crippen molar-refractivity contribution in [2.24, 2.45) is 11.1 Å². The van der Waals surface area contributed by atoms with Gasteiger partial charge in [0.25, 0.3) is 0 Å². The largest absolute Gasteiger partial charge is 0.481 e. The lowest BCUT2D eigenvalue weighted by molar-refractivity contribution is -0.148. The fourth-order valence-corrected chi connectivity index (χ4v) is 1.74. The van der Waals surface area contributed by atoms with E-state index < -0.39 is 11.4 Å². The third-order valence-corrected chi connectivity index (χ3v) is 3.61. The molecule has 1 aromatic rings. The van der Waals surface area contributed by atoms with Gasteiger partial charge in [-0.15, -0.1) is 0 Å². The topological polar surface area (TPSA) is 92.4 Å². The Morgan fingerprint density at radius 1 is 1.35 bits per heavy atom. The Kier molecular flexibility index (Phi) is 5.70. The van der Waals surface area contributed by atoms with Gasteiger partial charge in [0.15, 0.2) is 0 Å². The van der Waals surface area contributed by atoms with Crippen LogP contribution in [0.15, 0.2) is 30.3 Å². The van der Waals surface area contributed by atoms with Crippen LogP contribution in [0.2, 0.25) is 0 Å². The predicted octanol–water partition coefficient (Wildman–Crippen LogP) is 1.69. The molecular formula is C15H22N2O3. The van der Waals surface area contributed by atoms with Crippen LogP contribution in [0.25, 0.3) is 0 Å². The molecule has 2 unspecified atom stereocenters. The van der Waals surface area contributed by atoms with E-state index in [1.54, 1.807) is 13.8 Å². The van der Waals surface area contributed by atoms with E-state index >= 15 is 0 Å². The van der Waals surface area contributed by atoms with Crippen LogP contribution in [0.1, 0.15) is 38.3 Å². The lowest BCUT2D eigenvalue weighted by atomic mass is 9.87. The standard InChI is InChI=1S/C15H22N2O3/c1-3-15(2,14(19)20)10-17-13(18)9-12(16)11-7-5-4-6-8-11/h4-8,12H,3,9-10,16H2,1-2H3,(H,17,18)(H,19,20). The second kappa shape index (κ2) is 7.05. The fourth-order valence-electron chi connectivity index (χ4n) is 1.74. The van der Waals surface area contributed by atoms with Gasteiger partial charge in [-0.25, -0.2) is 0 Å². The number of carbonyl (C=O) groups is 2. The molecular weight excluding hydrogens is 256 g/mol. The quantitative estimate of drug-likeness (QED) is 0.707. The maximum Gasteiger partial charge on any atom is 0.311 e. The van der Waals surface area contributed by atoms with Crippen LogP contribution in [0.4, 0.5) is 0 Å². The number of nitrogens with one attached hydrogen (secondary N) is 1. The van der Waals surface area contributed by atoms with Gasteiger partial charge in [0.1, 0.15) is 0 Å². The Morgan fingerprint density at radius 2 is 1.95 bits per heavy atom. The molecule has 0 spiro atoms. The van der Waals surface area contributed by atoms with E-state index in [-0.39, 0.29) is 24.9 Å². The summed E-state index contributed by atoms with van der Waals surface area (Å²) in [7, 11) is 0. The van der Waals surface area contributed by atoms with Crippen molar-refractivity contribution in [3.05, 3.63) is 35.9 Å². The summed E-state index contributed by atoms with van der Waals surface area (Å²) in [6.45, 7) is 3.52. The van der Waals surface area contributed by atoms with Crippen LogP contribution in [0.3, 0.4) is 0 Å². The zero-order chi connectivity index (χ0) is 15.2. The molecule has 0 aliphatic heterocycles. The molecule has 1 rings (SSSR count). The lowest BCUT2D eigenvalue weighted by Gasteiger charge is -2.23. The summed E-state index contributed by atoms with van der Waals surface area (Å²) in [4.78, 5) is 23.0. The number of hydrogen-bond donors (Lipinski definition) is 3. The van der Waals surface area contributed by atoms with Gasteiger partial charge in [0, 0.05) is 19.0 Å². The highest BCUT2D eigenvalue weighted by Crippen LogP contribution is 2.20. The van der Waals surface area contributed by atoms with Crippen LogP contribution < -0.4 is 11.1 Å². The molecule has 0 saturated carbocycles. The highest BCUT2D eigenvalue weighted by Gasteiger charge is 2.31. The van der Waals surface area contributed by atoms with Crippen molar-refractivity contribution in [3.63, 3.8) is 0 Å². The summed E-state index contributed by atoms with van der Waals surface area (Å²) < 4.78 is 0. The molecule has 0 aromatic heterocycles. The molecule has 0 bridgehead atoms. The third kappa shape index (κ3) is 4.35. The summed E-state index contributed by atoms with van der Waals surface area (Å²) in [5, 5.41) is 11.8. The monoisotopic (exact) mass is 278 g/mol. The van der Waals surface area contributed by atoms with E-state index in [1.165, 1.54) is 0 Å². The number of amides is 1. The maximum atomic E-state index is 11.8. The van der Waals surface area contributed by atoms with Crippen molar-refractivity contribution >= 4 is 11.9 Å². The van der Waals surface area contributed by atoms with Gasteiger partial charge in [-0.3, -0.25) is 9.59 Å². The number of rotatable bonds is 7. The molecule has 20 heavy (non-hydrogen) atoms. The van der Waals surface area contributed by atoms with Crippen LogP contribution >= 0.6 is 0 Å². The summed E-state index contributed by atoms with van der Waals surface area (Å²) in [5.74, 6) is -1.14. The number of hydrogen-bond acceptors (Lipinski definition) is 3. The first-order valence-electron chi connectivity index (χ1n) is 6.69. The second-order valence-electron chi connectivity index (χ2n) is 5.22. The third-order valence-electron chi connectivity index (χ3n) is 3.61. The van der Waals surface area contributed by atoms with E-state index in [4.69, 9.17) is 10.8 Å². The zero-order valence-electron chi connectivity index (χ0n) is 11.9. The average molecular weight is 278 g/mol. The van der Waals surface area contributed by atoms with Crippen molar-refractivity contribution in [2.75, 3.05) is 6.54 Å². The number of carbonyl (C=O) groups excluding carboxylic acids is 1. The Morgan fingerprint density at radius 3 is 2.45 bits per heavy atom. The molecule has 0 fully saturated rings. The van der Waals surface area contributed by atoms with Crippen LogP contribution in [-0.4, -0.2) is 23.5 Å². The SMILES string of the molecule is CCC(C)(CNC(=O)CC(N)c1ccccc1)C(=O)O. The van der Waals surface area contributed by atoms with E-state index in [0.717, 1.165) is 5.56 Å².